The molecule has 0 unspecified atom stereocenters. The summed E-state index contributed by atoms with van der Waals surface area (Å²) in [5.41, 5.74) is 1.74. The number of hydrogen-bond acceptors (Lipinski definition) is 5. The second kappa shape index (κ2) is 4.78. The molecule has 1 aliphatic heterocycles. The van der Waals surface area contributed by atoms with Crippen LogP contribution in [0.25, 0.3) is 0 Å². The Morgan fingerprint density at radius 3 is 2.73 bits per heavy atom. The molecule has 0 radical (unpaired) electrons. The van der Waals surface area contributed by atoms with Gasteiger partial charge in [-0.2, -0.15) is 0 Å². The third-order valence-electron chi connectivity index (χ3n) is 4.15. The number of aromatic nitrogens is 2. The molecule has 1 fully saturated rings. The van der Waals surface area contributed by atoms with Crippen molar-refractivity contribution in [3.05, 3.63) is 47.4 Å². The molecule has 1 aromatic carbocycles. The second-order valence-electron chi connectivity index (χ2n) is 6.04. The van der Waals surface area contributed by atoms with Crippen LogP contribution in [-0.4, -0.2) is 24.1 Å². The molecule has 4 rings (SSSR count). The van der Waals surface area contributed by atoms with E-state index in [2.05, 4.69) is 15.3 Å². The minimum atomic E-state index is -3.21. The number of benzene rings is 1. The van der Waals surface area contributed by atoms with Crippen molar-refractivity contribution < 1.29 is 8.42 Å². The monoisotopic (exact) mass is 315 g/mol. The lowest BCUT2D eigenvalue weighted by Crippen LogP contribution is -2.14. The van der Waals surface area contributed by atoms with Crippen molar-refractivity contribution in [2.45, 2.75) is 36.6 Å². The summed E-state index contributed by atoms with van der Waals surface area (Å²) in [4.78, 5) is 9.47. The molecular formula is C16H17N3O2S. The van der Waals surface area contributed by atoms with E-state index in [4.69, 9.17) is 0 Å². The third-order valence-corrected chi connectivity index (χ3v) is 5.97. The van der Waals surface area contributed by atoms with E-state index in [0.717, 1.165) is 29.9 Å². The number of rotatable bonds is 3. The first-order valence-electron chi connectivity index (χ1n) is 7.47. The maximum Gasteiger partial charge on any atom is 0.181 e. The quantitative estimate of drug-likeness (QED) is 0.942. The van der Waals surface area contributed by atoms with Crippen LogP contribution >= 0.6 is 0 Å². The lowest BCUT2D eigenvalue weighted by Gasteiger charge is -2.14. The Morgan fingerprint density at radius 2 is 1.95 bits per heavy atom. The van der Waals surface area contributed by atoms with Gasteiger partial charge in [-0.05, 0) is 31.4 Å². The molecule has 2 aromatic rings. The Balaban J connectivity index is 1.68. The SMILES string of the molecule is Cc1cc(N[C@H]2CS(=O)(=O)c3ccccc32)nc(C2CC2)n1. The molecule has 1 atom stereocenters. The molecule has 2 heterocycles. The summed E-state index contributed by atoms with van der Waals surface area (Å²) in [7, 11) is -3.21. The molecular weight excluding hydrogens is 298 g/mol. The Labute approximate surface area is 129 Å². The molecule has 1 aliphatic carbocycles. The zero-order valence-corrected chi connectivity index (χ0v) is 13.1. The van der Waals surface area contributed by atoms with E-state index in [0.29, 0.717) is 16.6 Å². The van der Waals surface area contributed by atoms with E-state index in [1.807, 2.05) is 25.1 Å². The van der Waals surface area contributed by atoms with Crippen LogP contribution in [-0.2, 0) is 9.84 Å². The van der Waals surface area contributed by atoms with Crippen molar-refractivity contribution in [2.24, 2.45) is 0 Å². The van der Waals surface area contributed by atoms with Gasteiger partial charge < -0.3 is 5.32 Å². The molecule has 0 bridgehead atoms. The highest BCUT2D eigenvalue weighted by molar-refractivity contribution is 7.91. The van der Waals surface area contributed by atoms with E-state index in [1.54, 1.807) is 12.1 Å². The van der Waals surface area contributed by atoms with Crippen LogP contribution in [0.3, 0.4) is 0 Å². The third kappa shape index (κ3) is 2.37. The summed E-state index contributed by atoms with van der Waals surface area (Å²) < 4.78 is 24.5. The van der Waals surface area contributed by atoms with Crippen molar-refractivity contribution in [3.63, 3.8) is 0 Å². The van der Waals surface area contributed by atoms with Gasteiger partial charge in [-0.15, -0.1) is 0 Å². The minimum absolute atomic E-state index is 0.0775. The number of fused-ring (bicyclic) bond motifs is 1. The molecule has 0 spiro atoms. The Bertz CT molecular complexity index is 844. The van der Waals surface area contributed by atoms with Crippen LogP contribution in [0.4, 0.5) is 5.82 Å². The number of aryl methyl sites for hydroxylation is 1. The largest absolute Gasteiger partial charge is 0.362 e. The molecule has 0 saturated heterocycles. The fourth-order valence-electron chi connectivity index (χ4n) is 2.94. The zero-order valence-electron chi connectivity index (χ0n) is 12.3. The normalized spacial score (nSPS) is 22.3. The maximum absolute atomic E-state index is 12.2. The first kappa shape index (κ1) is 13.7. The topological polar surface area (TPSA) is 72.0 Å². The Kier molecular flexibility index (Phi) is 2.97. The van der Waals surface area contributed by atoms with Gasteiger partial charge in [0.2, 0.25) is 0 Å². The van der Waals surface area contributed by atoms with E-state index < -0.39 is 9.84 Å². The molecule has 0 amide bonds. The molecule has 1 N–H and O–H groups in total. The van der Waals surface area contributed by atoms with Crippen LogP contribution in [0.2, 0.25) is 0 Å². The molecule has 1 aromatic heterocycles. The number of anilines is 1. The van der Waals surface area contributed by atoms with Crippen molar-refractivity contribution >= 4 is 15.7 Å². The van der Waals surface area contributed by atoms with Crippen LogP contribution in [0.5, 0.6) is 0 Å². The van der Waals surface area contributed by atoms with Gasteiger partial charge in [0.1, 0.15) is 11.6 Å². The number of nitrogens with one attached hydrogen (secondary N) is 1. The lowest BCUT2D eigenvalue weighted by molar-refractivity contribution is 0.598. The van der Waals surface area contributed by atoms with E-state index >= 15 is 0 Å². The van der Waals surface area contributed by atoms with Gasteiger partial charge in [0.15, 0.2) is 9.84 Å². The van der Waals surface area contributed by atoms with E-state index in [9.17, 15) is 8.42 Å². The molecule has 114 valence electrons. The molecule has 5 nitrogen and oxygen atoms in total. The van der Waals surface area contributed by atoms with Gasteiger partial charge in [0.25, 0.3) is 0 Å². The molecule has 22 heavy (non-hydrogen) atoms. The fraction of sp³-hybridized carbons (Fsp3) is 0.375. The predicted molar refractivity (Wildman–Crippen MR) is 83.6 cm³/mol. The molecule has 6 heteroatoms. The first-order valence-corrected chi connectivity index (χ1v) is 9.12. The van der Waals surface area contributed by atoms with Gasteiger partial charge in [-0.3, -0.25) is 0 Å². The standard InChI is InChI=1S/C16H17N3O2S/c1-10-8-15(19-16(17-10)11-6-7-11)18-13-9-22(20,21)14-5-3-2-4-12(13)14/h2-5,8,11,13H,6-7,9H2,1H3,(H,17,18,19)/t13-/m0/s1. The number of nitrogens with zero attached hydrogens (tertiary/aromatic N) is 2. The van der Waals surface area contributed by atoms with Crippen molar-refractivity contribution in [3.8, 4) is 0 Å². The summed E-state index contributed by atoms with van der Waals surface area (Å²) >= 11 is 0. The van der Waals surface area contributed by atoms with Crippen molar-refractivity contribution in [1.82, 2.24) is 9.97 Å². The summed E-state index contributed by atoms with van der Waals surface area (Å²) in [6.07, 6.45) is 2.28. The van der Waals surface area contributed by atoms with Gasteiger partial charge in [-0.1, -0.05) is 18.2 Å². The van der Waals surface area contributed by atoms with Crippen molar-refractivity contribution in [1.29, 1.82) is 0 Å². The smallest absolute Gasteiger partial charge is 0.181 e. The average Bonchev–Trinajstić information content (AvgIpc) is 3.27. The summed E-state index contributed by atoms with van der Waals surface area (Å²) in [6, 6.07) is 8.80. The lowest BCUT2D eigenvalue weighted by atomic mass is 10.1. The van der Waals surface area contributed by atoms with Crippen molar-refractivity contribution in [2.75, 3.05) is 11.1 Å². The highest BCUT2D eigenvalue weighted by Gasteiger charge is 2.35. The number of sulfone groups is 1. The van der Waals surface area contributed by atoms with Gasteiger partial charge in [0, 0.05) is 17.7 Å². The molecule has 2 aliphatic rings. The van der Waals surface area contributed by atoms with Gasteiger partial charge >= 0.3 is 0 Å². The van der Waals surface area contributed by atoms with Crippen LogP contribution < -0.4 is 5.32 Å². The zero-order chi connectivity index (χ0) is 15.3. The fourth-order valence-corrected chi connectivity index (χ4v) is 4.67. The average molecular weight is 315 g/mol. The minimum Gasteiger partial charge on any atom is -0.362 e. The van der Waals surface area contributed by atoms with Crippen LogP contribution in [0, 0.1) is 6.92 Å². The van der Waals surface area contributed by atoms with E-state index in [-0.39, 0.29) is 11.8 Å². The summed E-state index contributed by atoms with van der Waals surface area (Å²) in [6.45, 7) is 1.94. The van der Waals surface area contributed by atoms with Gasteiger partial charge in [0.05, 0.1) is 16.7 Å². The van der Waals surface area contributed by atoms with E-state index in [1.165, 1.54) is 0 Å². The maximum atomic E-state index is 12.2. The second-order valence-corrected chi connectivity index (χ2v) is 8.05. The first-order chi connectivity index (χ1) is 10.5. The highest BCUT2D eigenvalue weighted by atomic mass is 32.2. The summed E-state index contributed by atoms with van der Waals surface area (Å²) in [5.74, 6) is 2.14. The van der Waals surface area contributed by atoms with Crippen LogP contribution in [0.1, 0.15) is 41.9 Å². The molecule has 1 saturated carbocycles. The summed E-state index contributed by atoms with van der Waals surface area (Å²) in [5, 5.41) is 3.29. The van der Waals surface area contributed by atoms with Crippen LogP contribution in [0.15, 0.2) is 35.2 Å². The Hall–Kier alpha value is -1.95. The Morgan fingerprint density at radius 1 is 1.18 bits per heavy atom. The van der Waals surface area contributed by atoms with Gasteiger partial charge in [-0.25, -0.2) is 18.4 Å². The predicted octanol–water partition coefficient (Wildman–Crippen LogP) is 2.60. The highest BCUT2D eigenvalue weighted by Crippen LogP contribution is 2.39. The number of hydrogen-bond donors (Lipinski definition) is 1.